The zero-order valence-corrected chi connectivity index (χ0v) is 13.4. The number of nitrogens with two attached hydrogens (primary N) is 1. The molecule has 0 saturated carbocycles. The van der Waals surface area contributed by atoms with Gasteiger partial charge in [-0.25, -0.2) is 0 Å². The van der Waals surface area contributed by atoms with Gasteiger partial charge in [-0.15, -0.1) is 11.8 Å². The van der Waals surface area contributed by atoms with Crippen LogP contribution in [-0.4, -0.2) is 70.3 Å². The van der Waals surface area contributed by atoms with Crippen LogP contribution in [0.25, 0.3) is 0 Å². The fraction of sp³-hybridized carbons (Fsp3) is 0.929. The number of aliphatic hydroxyl groups is 1. The van der Waals surface area contributed by atoms with Crippen LogP contribution in [0.5, 0.6) is 0 Å². The monoisotopic (exact) mass is 301 g/mol. The molecule has 20 heavy (non-hydrogen) atoms. The Morgan fingerprint density at radius 2 is 2.00 bits per heavy atom. The van der Waals surface area contributed by atoms with Crippen molar-refractivity contribution in [2.75, 3.05) is 38.5 Å². The number of carbonyl (C=O) groups is 1. The standard InChI is InChI=1S/C14H27N3O2S/c1-11(2)9-17-7-8-20-14(17)3-5-16(6-4-14)13(19)12(15)10-18/h11-12,18H,3-10,15H2,1-2H3/t12-/m0/s1. The van der Waals surface area contributed by atoms with Gasteiger partial charge in [0, 0.05) is 31.9 Å². The summed E-state index contributed by atoms with van der Waals surface area (Å²) in [6, 6.07) is -0.757. The Kier molecular flexibility index (Phi) is 5.34. The molecule has 5 nitrogen and oxygen atoms in total. The third-order valence-corrected chi connectivity index (χ3v) is 5.85. The van der Waals surface area contributed by atoms with Gasteiger partial charge in [0.15, 0.2) is 0 Å². The number of nitrogens with zero attached hydrogens (tertiary/aromatic N) is 2. The van der Waals surface area contributed by atoms with Crippen molar-refractivity contribution in [3.05, 3.63) is 0 Å². The molecule has 2 aliphatic rings. The highest BCUT2D eigenvalue weighted by atomic mass is 32.2. The molecule has 0 aromatic carbocycles. The second-order valence-corrected chi connectivity index (χ2v) is 7.71. The van der Waals surface area contributed by atoms with E-state index in [1.807, 2.05) is 4.90 Å². The Bertz CT molecular complexity index is 343. The van der Waals surface area contributed by atoms with Gasteiger partial charge in [-0.05, 0) is 18.8 Å². The fourth-order valence-corrected chi connectivity index (χ4v) is 4.70. The van der Waals surface area contributed by atoms with Gasteiger partial charge >= 0.3 is 0 Å². The summed E-state index contributed by atoms with van der Waals surface area (Å²) in [7, 11) is 0. The molecule has 0 aliphatic carbocycles. The van der Waals surface area contributed by atoms with E-state index in [1.165, 1.54) is 5.75 Å². The van der Waals surface area contributed by atoms with E-state index in [-0.39, 0.29) is 17.4 Å². The maximum Gasteiger partial charge on any atom is 0.241 e. The minimum atomic E-state index is -0.757. The number of carbonyl (C=O) groups excluding carboxylic acids is 1. The number of rotatable bonds is 4. The summed E-state index contributed by atoms with van der Waals surface area (Å²) in [5.74, 6) is 1.75. The number of hydrogen-bond donors (Lipinski definition) is 2. The van der Waals surface area contributed by atoms with Crippen LogP contribution in [0.3, 0.4) is 0 Å². The second-order valence-electron chi connectivity index (χ2n) is 6.25. The lowest BCUT2D eigenvalue weighted by Crippen LogP contribution is -2.55. The van der Waals surface area contributed by atoms with Gasteiger partial charge in [-0.3, -0.25) is 9.69 Å². The summed E-state index contributed by atoms with van der Waals surface area (Å²) in [6.45, 7) is 8.06. The molecule has 3 N–H and O–H groups in total. The molecule has 0 bridgehead atoms. The number of amides is 1. The van der Waals surface area contributed by atoms with Crippen molar-refractivity contribution in [2.24, 2.45) is 11.7 Å². The summed E-state index contributed by atoms with van der Waals surface area (Å²) >= 11 is 2.05. The first-order valence-corrected chi connectivity index (χ1v) is 8.51. The quantitative estimate of drug-likeness (QED) is 0.783. The summed E-state index contributed by atoms with van der Waals surface area (Å²) in [6.07, 6.45) is 2.02. The van der Waals surface area contributed by atoms with Crippen LogP contribution in [0.4, 0.5) is 0 Å². The van der Waals surface area contributed by atoms with Crippen LogP contribution in [0, 0.1) is 5.92 Å². The van der Waals surface area contributed by atoms with E-state index < -0.39 is 6.04 Å². The van der Waals surface area contributed by atoms with Crippen molar-refractivity contribution in [1.29, 1.82) is 0 Å². The highest BCUT2D eigenvalue weighted by Crippen LogP contribution is 2.44. The summed E-state index contributed by atoms with van der Waals surface area (Å²) in [5, 5.41) is 9.00. The molecule has 1 spiro atoms. The van der Waals surface area contributed by atoms with E-state index in [4.69, 9.17) is 10.8 Å². The second kappa shape index (κ2) is 6.64. The van der Waals surface area contributed by atoms with Gasteiger partial charge in [0.1, 0.15) is 6.04 Å². The van der Waals surface area contributed by atoms with Crippen LogP contribution in [0.1, 0.15) is 26.7 Å². The maximum absolute atomic E-state index is 12.0. The van der Waals surface area contributed by atoms with E-state index in [0.717, 1.165) is 39.0 Å². The average molecular weight is 301 g/mol. The first-order valence-electron chi connectivity index (χ1n) is 7.53. The van der Waals surface area contributed by atoms with Crippen LogP contribution in [0.2, 0.25) is 0 Å². The SMILES string of the molecule is CC(C)CN1CCSC12CCN(C(=O)[C@@H](N)CO)CC2. The van der Waals surface area contributed by atoms with Gasteiger partial charge in [-0.1, -0.05) is 13.8 Å². The third kappa shape index (κ3) is 3.30. The Balaban J connectivity index is 1.94. The largest absolute Gasteiger partial charge is 0.394 e. The minimum absolute atomic E-state index is 0.110. The average Bonchev–Trinajstić information content (AvgIpc) is 2.80. The molecule has 2 fully saturated rings. The van der Waals surface area contributed by atoms with E-state index in [2.05, 4.69) is 30.5 Å². The molecule has 0 aromatic heterocycles. The molecular formula is C14H27N3O2S. The molecule has 1 atom stereocenters. The third-order valence-electron chi connectivity index (χ3n) is 4.26. The Hall–Kier alpha value is -0.300. The molecule has 0 radical (unpaired) electrons. The Morgan fingerprint density at radius 3 is 2.55 bits per heavy atom. The molecule has 2 aliphatic heterocycles. The maximum atomic E-state index is 12.0. The molecule has 2 rings (SSSR count). The zero-order chi connectivity index (χ0) is 14.8. The van der Waals surface area contributed by atoms with Crippen LogP contribution in [0.15, 0.2) is 0 Å². The molecule has 0 aromatic rings. The first-order chi connectivity index (χ1) is 9.48. The highest BCUT2D eigenvalue weighted by Gasteiger charge is 2.44. The zero-order valence-electron chi connectivity index (χ0n) is 12.5. The molecule has 1 amide bonds. The highest BCUT2D eigenvalue weighted by molar-refractivity contribution is 8.00. The van der Waals surface area contributed by atoms with Crippen molar-refractivity contribution in [3.63, 3.8) is 0 Å². The number of aliphatic hydroxyl groups excluding tert-OH is 1. The van der Waals surface area contributed by atoms with Gasteiger partial charge in [0.05, 0.1) is 11.5 Å². The minimum Gasteiger partial charge on any atom is -0.394 e. The lowest BCUT2D eigenvalue weighted by Gasteiger charge is -2.45. The number of likely N-dealkylation sites (tertiary alicyclic amines) is 1. The summed E-state index contributed by atoms with van der Waals surface area (Å²) in [5.41, 5.74) is 5.63. The molecule has 2 heterocycles. The van der Waals surface area contributed by atoms with E-state index in [9.17, 15) is 4.79 Å². The van der Waals surface area contributed by atoms with Crippen molar-refractivity contribution < 1.29 is 9.90 Å². The van der Waals surface area contributed by atoms with Crippen LogP contribution >= 0.6 is 11.8 Å². The van der Waals surface area contributed by atoms with Crippen molar-refractivity contribution in [2.45, 2.75) is 37.6 Å². The first kappa shape index (κ1) is 16.1. The van der Waals surface area contributed by atoms with Crippen molar-refractivity contribution in [1.82, 2.24) is 9.80 Å². The molecule has 116 valence electrons. The lowest BCUT2D eigenvalue weighted by molar-refractivity contribution is -0.135. The smallest absolute Gasteiger partial charge is 0.241 e. The van der Waals surface area contributed by atoms with Gasteiger partial charge in [0.2, 0.25) is 5.91 Å². The summed E-state index contributed by atoms with van der Waals surface area (Å²) in [4.78, 5) is 16.7. The van der Waals surface area contributed by atoms with Crippen molar-refractivity contribution in [3.8, 4) is 0 Å². The number of piperidine rings is 1. The molecule has 0 unspecified atom stereocenters. The van der Waals surface area contributed by atoms with E-state index in [1.54, 1.807) is 0 Å². The topological polar surface area (TPSA) is 69.8 Å². The molecule has 6 heteroatoms. The van der Waals surface area contributed by atoms with Gasteiger partial charge in [-0.2, -0.15) is 0 Å². The van der Waals surface area contributed by atoms with Crippen molar-refractivity contribution >= 4 is 17.7 Å². The molecule has 2 saturated heterocycles. The lowest BCUT2D eigenvalue weighted by atomic mass is 10.00. The molecular weight excluding hydrogens is 274 g/mol. The summed E-state index contributed by atoms with van der Waals surface area (Å²) < 4.78 is 0. The Morgan fingerprint density at radius 1 is 1.35 bits per heavy atom. The Labute approximate surface area is 125 Å². The normalized spacial score (nSPS) is 24.6. The van der Waals surface area contributed by atoms with Gasteiger partial charge in [0.25, 0.3) is 0 Å². The number of hydrogen-bond acceptors (Lipinski definition) is 5. The fourth-order valence-electron chi connectivity index (χ4n) is 3.19. The number of thioether (sulfide) groups is 1. The van der Waals surface area contributed by atoms with Crippen LogP contribution in [-0.2, 0) is 4.79 Å². The van der Waals surface area contributed by atoms with E-state index in [0.29, 0.717) is 5.92 Å². The van der Waals surface area contributed by atoms with Crippen LogP contribution < -0.4 is 5.73 Å². The van der Waals surface area contributed by atoms with Gasteiger partial charge < -0.3 is 15.7 Å². The van der Waals surface area contributed by atoms with E-state index >= 15 is 0 Å². The predicted octanol–water partition coefficient (Wildman–Crippen LogP) is 0.330. The predicted molar refractivity (Wildman–Crippen MR) is 82.5 cm³/mol.